The maximum atomic E-state index is 6.10. The molecular weight excluding hydrogens is 344 g/mol. The predicted molar refractivity (Wildman–Crippen MR) is 105 cm³/mol. The molecule has 0 aliphatic carbocycles. The van der Waals surface area contributed by atoms with Crippen LogP contribution >= 0.6 is 11.6 Å². The zero-order valence-corrected chi connectivity index (χ0v) is 14.4. The molecule has 2 aromatic heterocycles. The molecule has 0 saturated heterocycles. The van der Waals surface area contributed by atoms with Crippen molar-refractivity contribution in [2.24, 2.45) is 0 Å². The first-order chi connectivity index (χ1) is 12.8. The van der Waals surface area contributed by atoms with Gasteiger partial charge in [-0.15, -0.1) is 0 Å². The van der Waals surface area contributed by atoms with Crippen LogP contribution in [0.1, 0.15) is 0 Å². The van der Waals surface area contributed by atoms with Gasteiger partial charge in [-0.05, 0) is 24.3 Å². The summed E-state index contributed by atoms with van der Waals surface area (Å²) in [4.78, 5) is 9.62. The van der Waals surface area contributed by atoms with E-state index < -0.39 is 0 Å². The first-order valence-corrected chi connectivity index (χ1v) is 8.68. The lowest BCUT2D eigenvalue weighted by Gasteiger charge is -2.06. The third-order valence-electron chi connectivity index (χ3n) is 4.37. The Labute approximate surface area is 154 Å². The molecule has 26 heavy (non-hydrogen) atoms. The Morgan fingerprint density at radius 2 is 1.42 bits per heavy atom. The quantitative estimate of drug-likeness (QED) is 0.369. The van der Waals surface area contributed by atoms with Crippen LogP contribution in [0.4, 0.5) is 0 Å². The van der Waals surface area contributed by atoms with Crippen molar-refractivity contribution in [3.63, 3.8) is 0 Å². The topological polar surface area (TPSA) is 38.9 Å². The van der Waals surface area contributed by atoms with Gasteiger partial charge in [0.1, 0.15) is 16.8 Å². The third-order valence-corrected chi connectivity index (χ3v) is 4.62. The van der Waals surface area contributed by atoms with Gasteiger partial charge in [0.15, 0.2) is 11.4 Å². The smallest absolute Gasteiger partial charge is 0.180 e. The summed E-state index contributed by atoms with van der Waals surface area (Å²) in [6.07, 6.45) is 0. The van der Waals surface area contributed by atoms with Crippen molar-refractivity contribution in [3.05, 3.63) is 83.9 Å². The van der Waals surface area contributed by atoms with E-state index in [0.29, 0.717) is 16.4 Å². The number of fused-ring (bicyclic) bond motifs is 3. The molecule has 0 N–H and O–H groups in total. The highest BCUT2D eigenvalue weighted by Crippen LogP contribution is 2.35. The summed E-state index contributed by atoms with van der Waals surface area (Å²) in [5.74, 6) is 0.676. The maximum absolute atomic E-state index is 6.10. The van der Waals surface area contributed by atoms with Gasteiger partial charge in [0.25, 0.3) is 0 Å². The first kappa shape index (κ1) is 15.1. The molecule has 0 bridgehead atoms. The van der Waals surface area contributed by atoms with Crippen LogP contribution in [0.15, 0.2) is 83.3 Å². The second-order valence-corrected chi connectivity index (χ2v) is 6.48. The zero-order valence-electron chi connectivity index (χ0n) is 13.7. The molecule has 2 heterocycles. The van der Waals surface area contributed by atoms with Crippen LogP contribution in [-0.4, -0.2) is 9.97 Å². The average Bonchev–Trinajstić information content (AvgIpc) is 3.07. The van der Waals surface area contributed by atoms with Gasteiger partial charge >= 0.3 is 0 Å². The number of halogens is 1. The van der Waals surface area contributed by atoms with E-state index in [1.165, 1.54) is 0 Å². The van der Waals surface area contributed by atoms with Crippen LogP contribution in [0.25, 0.3) is 44.7 Å². The lowest BCUT2D eigenvalue weighted by molar-refractivity contribution is 0.667. The van der Waals surface area contributed by atoms with E-state index in [2.05, 4.69) is 0 Å². The normalized spacial score (nSPS) is 11.3. The van der Waals surface area contributed by atoms with Crippen molar-refractivity contribution < 1.29 is 4.42 Å². The minimum atomic E-state index is 0.676. The van der Waals surface area contributed by atoms with E-state index in [9.17, 15) is 0 Å². The molecule has 4 heteroatoms. The van der Waals surface area contributed by atoms with Crippen LogP contribution < -0.4 is 0 Å². The summed E-state index contributed by atoms with van der Waals surface area (Å²) in [6.45, 7) is 0. The SMILES string of the molecule is Clc1ccc(-c2nc(-c3ccccc3)nc3c2oc2ccccc23)cc1. The highest BCUT2D eigenvalue weighted by atomic mass is 35.5. The first-order valence-electron chi connectivity index (χ1n) is 8.30. The molecule has 3 aromatic carbocycles. The molecule has 3 nitrogen and oxygen atoms in total. The van der Waals surface area contributed by atoms with Gasteiger partial charge in [-0.1, -0.05) is 66.2 Å². The van der Waals surface area contributed by atoms with Crippen molar-refractivity contribution in [1.29, 1.82) is 0 Å². The van der Waals surface area contributed by atoms with Gasteiger partial charge in [-0.3, -0.25) is 0 Å². The summed E-state index contributed by atoms with van der Waals surface area (Å²) in [5.41, 5.74) is 4.99. The van der Waals surface area contributed by atoms with Gasteiger partial charge in [-0.25, -0.2) is 9.97 Å². The Morgan fingerprint density at radius 1 is 0.692 bits per heavy atom. The van der Waals surface area contributed by atoms with Crippen LogP contribution in [-0.2, 0) is 0 Å². The van der Waals surface area contributed by atoms with Gasteiger partial charge in [0.2, 0.25) is 0 Å². The number of benzene rings is 3. The molecule has 0 saturated carbocycles. The van der Waals surface area contributed by atoms with E-state index in [1.54, 1.807) is 0 Å². The molecule has 124 valence electrons. The van der Waals surface area contributed by atoms with E-state index in [-0.39, 0.29) is 0 Å². The number of hydrogen-bond acceptors (Lipinski definition) is 3. The van der Waals surface area contributed by atoms with E-state index in [4.69, 9.17) is 26.0 Å². The fourth-order valence-corrected chi connectivity index (χ4v) is 3.24. The second kappa shape index (κ2) is 5.97. The molecule has 5 rings (SSSR count). The fraction of sp³-hybridized carbons (Fsp3) is 0. The van der Waals surface area contributed by atoms with Crippen LogP contribution in [0.3, 0.4) is 0 Å². The minimum absolute atomic E-state index is 0.676. The van der Waals surface area contributed by atoms with E-state index in [1.807, 2.05) is 78.9 Å². The van der Waals surface area contributed by atoms with E-state index in [0.717, 1.165) is 33.3 Å². The van der Waals surface area contributed by atoms with Crippen LogP contribution in [0.5, 0.6) is 0 Å². The molecule has 0 unspecified atom stereocenters. The summed E-state index contributed by atoms with van der Waals surface area (Å²) in [7, 11) is 0. The largest absolute Gasteiger partial charge is 0.452 e. The summed E-state index contributed by atoms with van der Waals surface area (Å²) < 4.78 is 6.10. The molecule has 0 radical (unpaired) electrons. The molecular formula is C22H13ClN2O. The Bertz CT molecular complexity index is 1230. The van der Waals surface area contributed by atoms with Crippen molar-refractivity contribution in [2.75, 3.05) is 0 Å². The third kappa shape index (κ3) is 2.45. The molecule has 0 amide bonds. The highest BCUT2D eigenvalue weighted by Gasteiger charge is 2.17. The summed E-state index contributed by atoms with van der Waals surface area (Å²) in [6, 6.07) is 25.5. The van der Waals surface area contributed by atoms with Crippen molar-refractivity contribution in [1.82, 2.24) is 9.97 Å². The Hall–Kier alpha value is -3.17. The predicted octanol–water partition coefficient (Wildman–Crippen LogP) is 6.36. The number of hydrogen-bond donors (Lipinski definition) is 0. The summed E-state index contributed by atoms with van der Waals surface area (Å²) >= 11 is 6.05. The maximum Gasteiger partial charge on any atom is 0.180 e. The lowest BCUT2D eigenvalue weighted by atomic mass is 10.1. The Balaban J connectivity index is 1.88. The highest BCUT2D eigenvalue weighted by molar-refractivity contribution is 6.30. The molecule has 0 aliphatic heterocycles. The monoisotopic (exact) mass is 356 g/mol. The molecule has 0 aliphatic rings. The fourth-order valence-electron chi connectivity index (χ4n) is 3.11. The number of nitrogens with zero attached hydrogens (tertiary/aromatic N) is 2. The molecule has 0 atom stereocenters. The van der Waals surface area contributed by atoms with Crippen molar-refractivity contribution >= 4 is 33.7 Å². The molecule has 0 spiro atoms. The number of rotatable bonds is 2. The van der Waals surface area contributed by atoms with Crippen molar-refractivity contribution in [2.45, 2.75) is 0 Å². The molecule has 0 fully saturated rings. The van der Waals surface area contributed by atoms with Gasteiger partial charge < -0.3 is 4.42 Å². The molecule has 5 aromatic rings. The van der Waals surface area contributed by atoms with E-state index >= 15 is 0 Å². The number of furan rings is 1. The number of aromatic nitrogens is 2. The Morgan fingerprint density at radius 3 is 2.23 bits per heavy atom. The Kier molecular flexibility index (Phi) is 3.47. The standard InChI is InChI=1S/C22H13ClN2O/c23-16-12-10-14(11-13-16)19-21-20(17-8-4-5-9-18(17)26-21)25-22(24-19)15-6-2-1-3-7-15/h1-13H. The minimum Gasteiger partial charge on any atom is -0.452 e. The van der Waals surface area contributed by atoms with Gasteiger partial charge in [0.05, 0.1) is 0 Å². The summed E-state index contributed by atoms with van der Waals surface area (Å²) in [5, 5.41) is 1.67. The van der Waals surface area contributed by atoms with Gasteiger partial charge in [-0.2, -0.15) is 0 Å². The number of para-hydroxylation sites is 1. The zero-order chi connectivity index (χ0) is 17.5. The van der Waals surface area contributed by atoms with Crippen LogP contribution in [0, 0.1) is 0 Å². The average molecular weight is 357 g/mol. The van der Waals surface area contributed by atoms with Crippen LogP contribution in [0.2, 0.25) is 5.02 Å². The second-order valence-electron chi connectivity index (χ2n) is 6.04. The van der Waals surface area contributed by atoms with Gasteiger partial charge in [0, 0.05) is 21.5 Å². The lowest BCUT2D eigenvalue weighted by Crippen LogP contribution is -1.93. The van der Waals surface area contributed by atoms with Crippen molar-refractivity contribution in [3.8, 4) is 22.6 Å².